The number of thiazole rings is 1. The number of nitriles is 1. The van der Waals surface area contributed by atoms with Gasteiger partial charge in [-0.1, -0.05) is 23.5 Å². The maximum absolute atomic E-state index is 14.2. The Hall–Kier alpha value is -3.13. The molecule has 2 aromatic carbocycles. The van der Waals surface area contributed by atoms with Gasteiger partial charge in [-0.15, -0.1) is 0 Å². The molecular formula is C22H20FN5O2S2. The maximum atomic E-state index is 14.2. The number of aromatic nitrogens is 1. The molecule has 1 aromatic heterocycles. The van der Waals surface area contributed by atoms with Gasteiger partial charge in [-0.25, -0.2) is 18.7 Å². The fourth-order valence-electron chi connectivity index (χ4n) is 3.58. The van der Waals surface area contributed by atoms with Gasteiger partial charge in [0.25, 0.3) is 0 Å². The lowest BCUT2D eigenvalue weighted by Gasteiger charge is -2.41. The van der Waals surface area contributed by atoms with Crippen molar-refractivity contribution in [2.75, 3.05) is 29.9 Å². The topological polar surface area (TPSA) is 103 Å². The highest BCUT2D eigenvalue weighted by Gasteiger charge is 2.36. The van der Waals surface area contributed by atoms with E-state index in [2.05, 4.69) is 9.88 Å². The molecule has 1 aliphatic heterocycles. The van der Waals surface area contributed by atoms with Crippen LogP contribution in [0.1, 0.15) is 11.3 Å². The maximum Gasteiger partial charge on any atom is 0.235 e. The third kappa shape index (κ3) is 4.14. The summed E-state index contributed by atoms with van der Waals surface area (Å²) in [6, 6.07) is 13.7. The van der Waals surface area contributed by atoms with Gasteiger partial charge < -0.3 is 4.90 Å². The summed E-state index contributed by atoms with van der Waals surface area (Å²) in [6.45, 7) is 2.83. The summed E-state index contributed by atoms with van der Waals surface area (Å²) in [5.74, 6) is -0.620. The molecule has 1 fully saturated rings. The molecular weight excluding hydrogens is 449 g/mol. The first kappa shape index (κ1) is 22.1. The van der Waals surface area contributed by atoms with E-state index in [1.165, 1.54) is 23.1 Å². The molecule has 2 N–H and O–H groups in total. The van der Waals surface area contributed by atoms with Crippen molar-refractivity contribution in [1.29, 1.82) is 5.26 Å². The second-order valence-corrected chi connectivity index (χ2v) is 9.76. The lowest BCUT2D eigenvalue weighted by molar-refractivity contribution is -0.122. The quantitative estimate of drug-likeness (QED) is 0.618. The summed E-state index contributed by atoms with van der Waals surface area (Å²) in [6.07, 6.45) is 0. The van der Waals surface area contributed by atoms with Crippen LogP contribution in [-0.2, 0) is 15.8 Å². The summed E-state index contributed by atoms with van der Waals surface area (Å²) < 4.78 is 26.2. The van der Waals surface area contributed by atoms with Crippen molar-refractivity contribution in [3.63, 3.8) is 0 Å². The Bertz CT molecular complexity index is 1250. The molecule has 7 nitrogen and oxygen atoms in total. The molecule has 0 radical (unpaired) electrons. The number of hydrogen-bond donors (Lipinski definition) is 1. The molecule has 1 amide bonds. The lowest BCUT2D eigenvalue weighted by Crippen LogP contribution is -2.54. The average Bonchev–Trinajstić information content (AvgIpc) is 3.15. The van der Waals surface area contributed by atoms with Crippen molar-refractivity contribution in [2.45, 2.75) is 11.1 Å². The molecule has 0 aliphatic carbocycles. The lowest BCUT2D eigenvalue weighted by atomic mass is 9.96. The first-order valence-electron chi connectivity index (χ1n) is 9.74. The Morgan fingerprint density at radius 1 is 1.31 bits per heavy atom. The number of nitrogens with two attached hydrogens (primary N) is 1. The highest BCUT2D eigenvalue weighted by molar-refractivity contribution is 7.85. The third-order valence-electron chi connectivity index (χ3n) is 5.41. The van der Waals surface area contributed by atoms with E-state index in [0.717, 1.165) is 17.0 Å². The van der Waals surface area contributed by atoms with E-state index >= 15 is 0 Å². The zero-order valence-corrected chi connectivity index (χ0v) is 19.0. The van der Waals surface area contributed by atoms with E-state index < -0.39 is 11.0 Å². The zero-order valence-electron chi connectivity index (χ0n) is 17.4. The average molecular weight is 470 g/mol. The number of carbonyl (C=O) groups is 1. The van der Waals surface area contributed by atoms with Crippen LogP contribution < -0.4 is 14.9 Å². The Morgan fingerprint density at radius 3 is 2.59 bits per heavy atom. The SMILES string of the molecule is Cc1nc(N(C)C(=O)C2CN(c3ccc(-c4cc(C#N)ccc4F)cc3)C2)sc1S(N)=O. The first-order chi connectivity index (χ1) is 15.3. The smallest absolute Gasteiger partial charge is 0.235 e. The molecule has 32 heavy (non-hydrogen) atoms. The van der Waals surface area contributed by atoms with Crippen LogP contribution >= 0.6 is 11.3 Å². The van der Waals surface area contributed by atoms with E-state index in [1.54, 1.807) is 14.0 Å². The van der Waals surface area contributed by atoms with Crippen LogP contribution in [-0.4, -0.2) is 35.2 Å². The highest BCUT2D eigenvalue weighted by Crippen LogP contribution is 2.32. The van der Waals surface area contributed by atoms with Crippen LogP contribution in [0.15, 0.2) is 46.7 Å². The molecule has 2 heterocycles. The summed E-state index contributed by atoms with van der Waals surface area (Å²) in [5, 5.41) is 15.0. The minimum atomic E-state index is -1.63. The second kappa shape index (κ2) is 8.78. The van der Waals surface area contributed by atoms with E-state index in [1.807, 2.05) is 30.3 Å². The molecule has 164 valence electrons. The number of anilines is 2. The number of aryl methyl sites for hydroxylation is 1. The Morgan fingerprint density at radius 2 is 2.00 bits per heavy atom. The number of halogens is 1. The molecule has 3 aromatic rings. The van der Waals surface area contributed by atoms with Crippen molar-refractivity contribution < 1.29 is 13.4 Å². The normalized spacial score (nSPS) is 14.5. The minimum Gasteiger partial charge on any atom is -0.370 e. The molecule has 4 rings (SSSR count). The molecule has 1 unspecified atom stereocenters. The van der Waals surface area contributed by atoms with Gasteiger partial charge in [0.2, 0.25) is 5.91 Å². The Balaban J connectivity index is 1.41. The molecule has 0 saturated carbocycles. The number of carbonyl (C=O) groups excluding carboxylic acids is 1. The number of rotatable bonds is 5. The highest BCUT2D eigenvalue weighted by atomic mass is 32.2. The third-order valence-corrected chi connectivity index (χ3v) is 7.84. The van der Waals surface area contributed by atoms with Gasteiger partial charge in [-0.05, 0) is 42.8 Å². The van der Waals surface area contributed by atoms with Crippen LogP contribution in [0.3, 0.4) is 0 Å². The predicted molar refractivity (Wildman–Crippen MR) is 123 cm³/mol. The molecule has 10 heteroatoms. The van der Waals surface area contributed by atoms with Crippen LogP contribution in [0.25, 0.3) is 11.1 Å². The van der Waals surface area contributed by atoms with Crippen molar-refractivity contribution in [2.24, 2.45) is 11.1 Å². The fourth-order valence-corrected chi connectivity index (χ4v) is 5.24. The van der Waals surface area contributed by atoms with Gasteiger partial charge >= 0.3 is 0 Å². The van der Waals surface area contributed by atoms with E-state index in [4.69, 9.17) is 10.4 Å². The standard InChI is InChI=1S/C22H20FN5O2S2/c1-13-21(32(25)30)31-22(26-13)27(2)20(29)16-11-28(12-16)17-6-4-15(5-7-17)18-9-14(10-24)3-8-19(18)23/h3-9,16H,11-12,25H2,1-2H3. The van der Waals surface area contributed by atoms with Gasteiger partial charge in [0.05, 0.1) is 23.2 Å². The van der Waals surface area contributed by atoms with Gasteiger partial charge in [0, 0.05) is 31.4 Å². The van der Waals surface area contributed by atoms with Gasteiger partial charge in [0.1, 0.15) is 21.0 Å². The number of benzene rings is 2. The first-order valence-corrected chi connectivity index (χ1v) is 11.8. The van der Waals surface area contributed by atoms with E-state index in [0.29, 0.717) is 44.8 Å². The summed E-state index contributed by atoms with van der Waals surface area (Å²) in [7, 11) is 0.0303. The second-order valence-electron chi connectivity index (χ2n) is 7.52. The van der Waals surface area contributed by atoms with Crippen molar-refractivity contribution in [3.8, 4) is 17.2 Å². The van der Waals surface area contributed by atoms with Crippen LogP contribution in [0.4, 0.5) is 15.2 Å². The molecule has 1 saturated heterocycles. The Kier molecular flexibility index (Phi) is 6.06. The van der Waals surface area contributed by atoms with Crippen LogP contribution in [0, 0.1) is 30.0 Å². The van der Waals surface area contributed by atoms with Gasteiger partial charge in [0.15, 0.2) is 5.13 Å². The van der Waals surface area contributed by atoms with Crippen molar-refractivity contribution in [1.82, 2.24) is 4.98 Å². The monoisotopic (exact) mass is 469 g/mol. The summed E-state index contributed by atoms with van der Waals surface area (Å²) in [4.78, 5) is 20.7. The van der Waals surface area contributed by atoms with Crippen molar-refractivity contribution in [3.05, 3.63) is 59.5 Å². The summed E-state index contributed by atoms with van der Waals surface area (Å²) >= 11 is 1.16. The fraction of sp³-hybridized carbons (Fsp3) is 0.227. The summed E-state index contributed by atoms with van der Waals surface area (Å²) in [5.41, 5.74) is 2.97. The largest absolute Gasteiger partial charge is 0.370 e. The molecule has 1 atom stereocenters. The molecule has 0 bridgehead atoms. The zero-order chi connectivity index (χ0) is 23.0. The minimum absolute atomic E-state index is 0.0589. The van der Waals surface area contributed by atoms with Crippen LogP contribution in [0.5, 0.6) is 0 Å². The molecule has 0 spiro atoms. The number of amides is 1. The van der Waals surface area contributed by atoms with E-state index in [9.17, 15) is 13.4 Å². The predicted octanol–water partition coefficient (Wildman–Crippen LogP) is 3.21. The Labute approximate surface area is 191 Å². The van der Waals surface area contributed by atoms with Crippen molar-refractivity contribution >= 4 is 39.0 Å². The van der Waals surface area contributed by atoms with Gasteiger partial charge in [-0.3, -0.25) is 9.69 Å². The van der Waals surface area contributed by atoms with E-state index in [-0.39, 0.29) is 17.6 Å². The van der Waals surface area contributed by atoms with Crippen LogP contribution in [0.2, 0.25) is 0 Å². The number of hydrogen-bond acceptors (Lipinski definition) is 6. The molecule has 1 aliphatic rings. The van der Waals surface area contributed by atoms with Gasteiger partial charge in [-0.2, -0.15) is 5.26 Å². The number of nitrogens with zero attached hydrogens (tertiary/aromatic N) is 4.